The fourth-order valence-electron chi connectivity index (χ4n) is 2.62. The number of fused-ring (bicyclic) bond motifs is 1. The summed E-state index contributed by atoms with van der Waals surface area (Å²) in [5.41, 5.74) is 5.49. The van der Waals surface area contributed by atoms with E-state index in [9.17, 15) is 9.59 Å². The van der Waals surface area contributed by atoms with Crippen LogP contribution in [0.15, 0.2) is 60.8 Å². The highest BCUT2D eigenvalue weighted by Crippen LogP contribution is 2.30. The summed E-state index contributed by atoms with van der Waals surface area (Å²) in [5, 5.41) is 4.74. The van der Waals surface area contributed by atoms with Crippen LogP contribution in [0.3, 0.4) is 0 Å². The smallest absolute Gasteiger partial charge is 0.290 e. The Morgan fingerprint density at radius 1 is 1.07 bits per heavy atom. The van der Waals surface area contributed by atoms with E-state index in [-0.39, 0.29) is 12.3 Å². The summed E-state index contributed by atoms with van der Waals surface area (Å²) in [6.07, 6.45) is 0.747. The third kappa shape index (κ3) is 3.77. The Labute approximate surface area is 165 Å². The number of benzene rings is 2. The van der Waals surface area contributed by atoms with Gasteiger partial charge in [0.15, 0.2) is 17.2 Å². The molecule has 2 heterocycles. The largest absolute Gasteiger partial charge is 0.485 e. The number of rotatable bonds is 3. The van der Waals surface area contributed by atoms with Crippen LogP contribution >= 0.6 is 11.6 Å². The van der Waals surface area contributed by atoms with Crippen molar-refractivity contribution in [1.82, 2.24) is 20.6 Å². The maximum absolute atomic E-state index is 12.2. The Hall–Kier alpha value is -3.52. The quantitative estimate of drug-likeness (QED) is 0.659. The number of halogens is 1. The van der Waals surface area contributed by atoms with Gasteiger partial charge in [0.2, 0.25) is 6.10 Å². The van der Waals surface area contributed by atoms with Crippen molar-refractivity contribution in [1.29, 1.82) is 0 Å². The molecule has 3 aromatic rings. The number of nitrogens with zero attached hydrogens (tertiary/aromatic N) is 2. The molecule has 4 rings (SSSR count). The Morgan fingerprint density at radius 2 is 1.89 bits per heavy atom. The first kappa shape index (κ1) is 17.9. The number of carbonyl (C=O) groups excluding carboxylic acids is 2. The number of ether oxygens (including phenoxy) is 2. The summed E-state index contributed by atoms with van der Waals surface area (Å²) in [5.74, 6) is -0.0500. The Bertz CT molecular complexity index is 1040. The molecule has 0 saturated carbocycles. The van der Waals surface area contributed by atoms with Gasteiger partial charge in [-0.1, -0.05) is 29.8 Å². The van der Waals surface area contributed by atoms with E-state index in [1.54, 1.807) is 48.7 Å². The van der Waals surface area contributed by atoms with E-state index in [4.69, 9.17) is 21.1 Å². The highest BCUT2D eigenvalue weighted by atomic mass is 35.5. The summed E-state index contributed by atoms with van der Waals surface area (Å²) in [6, 6.07) is 15.6. The maximum atomic E-state index is 12.2. The highest BCUT2D eigenvalue weighted by Gasteiger charge is 2.27. The van der Waals surface area contributed by atoms with E-state index in [0.29, 0.717) is 22.2 Å². The van der Waals surface area contributed by atoms with Crippen molar-refractivity contribution in [3.8, 4) is 17.2 Å². The standard InChI is InChI=1S/C19H15ClN4O4/c20-12-4-3-5-13(10-12)24-9-8-14(23-24)18(25)21-22-19(26)17-11-27-15-6-1-2-7-16(15)28-17/h1-10,17H,11H2,(H,21,25)(H,22,26)/t17-/m0/s1. The van der Waals surface area contributed by atoms with Gasteiger partial charge in [-0.15, -0.1) is 0 Å². The number of carbonyl (C=O) groups is 2. The van der Waals surface area contributed by atoms with Crippen LogP contribution in [0, 0.1) is 0 Å². The first-order chi connectivity index (χ1) is 13.6. The fourth-order valence-corrected chi connectivity index (χ4v) is 2.80. The molecule has 28 heavy (non-hydrogen) atoms. The molecule has 1 aliphatic heterocycles. The normalized spacial score (nSPS) is 15.0. The molecule has 0 radical (unpaired) electrons. The van der Waals surface area contributed by atoms with E-state index in [2.05, 4.69) is 16.0 Å². The molecule has 2 N–H and O–H groups in total. The summed E-state index contributed by atoms with van der Waals surface area (Å²) in [7, 11) is 0. The van der Waals surface area contributed by atoms with Gasteiger partial charge < -0.3 is 9.47 Å². The zero-order valence-corrected chi connectivity index (χ0v) is 15.2. The minimum atomic E-state index is -0.876. The lowest BCUT2D eigenvalue weighted by atomic mass is 10.2. The molecule has 1 aliphatic rings. The summed E-state index contributed by atoms with van der Waals surface area (Å²) in [4.78, 5) is 24.5. The summed E-state index contributed by atoms with van der Waals surface area (Å²) < 4.78 is 12.6. The van der Waals surface area contributed by atoms with E-state index < -0.39 is 17.9 Å². The minimum absolute atomic E-state index is 0.0438. The van der Waals surface area contributed by atoms with Gasteiger partial charge in [-0.2, -0.15) is 5.10 Å². The molecular weight excluding hydrogens is 384 g/mol. The molecule has 0 aliphatic carbocycles. The minimum Gasteiger partial charge on any atom is -0.485 e. The number of hydrazine groups is 1. The lowest BCUT2D eigenvalue weighted by molar-refractivity contribution is -0.131. The molecule has 1 aromatic heterocycles. The lowest BCUT2D eigenvalue weighted by Gasteiger charge is -2.25. The molecule has 9 heteroatoms. The van der Waals surface area contributed by atoms with Crippen molar-refractivity contribution in [3.05, 3.63) is 71.5 Å². The second kappa shape index (κ2) is 7.61. The van der Waals surface area contributed by atoms with E-state index in [0.717, 1.165) is 0 Å². The number of para-hydroxylation sites is 2. The molecule has 2 amide bonds. The van der Waals surface area contributed by atoms with Crippen molar-refractivity contribution in [3.63, 3.8) is 0 Å². The Balaban J connectivity index is 1.35. The summed E-state index contributed by atoms with van der Waals surface area (Å²) >= 11 is 5.96. The first-order valence-electron chi connectivity index (χ1n) is 8.40. The molecule has 0 spiro atoms. The molecule has 0 saturated heterocycles. The maximum Gasteiger partial charge on any atom is 0.290 e. The van der Waals surface area contributed by atoms with E-state index in [1.165, 1.54) is 10.7 Å². The number of hydrogen-bond acceptors (Lipinski definition) is 5. The molecule has 1 atom stereocenters. The molecule has 142 valence electrons. The van der Waals surface area contributed by atoms with Gasteiger partial charge in [-0.25, -0.2) is 4.68 Å². The third-order valence-corrected chi connectivity index (χ3v) is 4.23. The predicted octanol–water partition coefficient (Wildman–Crippen LogP) is 2.13. The summed E-state index contributed by atoms with van der Waals surface area (Å²) in [6.45, 7) is 0.0438. The lowest BCUT2D eigenvalue weighted by Crippen LogP contribution is -2.50. The van der Waals surface area contributed by atoms with Crippen molar-refractivity contribution < 1.29 is 19.1 Å². The Kier molecular flexibility index (Phi) is 4.86. The SMILES string of the molecule is O=C(NNC(=O)[C@@H]1COc2ccccc2O1)c1ccn(-c2cccc(Cl)c2)n1. The van der Waals surface area contributed by atoms with Gasteiger partial charge in [0.25, 0.3) is 11.8 Å². The Morgan fingerprint density at radius 3 is 2.71 bits per heavy atom. The van der Waals surface area contributed by atoms with Crippen LogP contribution < -0.4 is 20.3 Å². The van der Waals surface area contributed by atoms with Crippen LogP contribution in [0.2, 0.25) is 5.02 Å². The first-order valence-corrected chi connectivity index (χ1v) is 8.78. The van der Waals surface area contributed by atoms with Crippen molar-refractivity contribution in [2.75, 3.05) is 6.61 Å². The topological polar surface area (TPSA) is 94.5 Å². The van der Waals surface area contributed by atoms with Crippen LogP contribution in [0.25, 0.3) is 5.69 Å². The number of nitrogens with one attached hydrogen (secondary N) is 2. The zero-order chi connectivity index (χ0) is 19.5. The molecule has 2 aromatic carbocycles. The van der Waals surface area contributed by atoms with E-state index >= 15 is 0 Å². The van der Waals surface area contributed by atoms with Crippen LogP contribution in [0.1, 0.15) is 10.5 Å². The number of hydrogen-bond donors (Lipinski definition) is 2. The molecule has 0 bridgehead atoms. The van der Waals surface area contributed by atoms with Crippen LogP contribution in [-0.2, 0) is 4.79 Å². The average molecular weight is 399 g/mol. The van der Waals surface area contributed by atoms with Gasteiger partial charge in [0.05, 0.1) is 5.69 Å². The van der Waals surface area contributed by atoms with E-state index in [1.807, 2.05) is 6.07 Å². The van der Waals surface area contributed by atoms with Gasteiger partial charge in [-0.05, 0) is 36.4 Å². The van der Waals surface area contributed by atoms with Crippen LogP contribution in [-0.4, -0.2) is 34.3 Å². The van der Waals surface area contributed by atoms with Gasteiger partial charge >= 0.3 is 0 Å². The second-order valence-corrected chi connectivity index (χ2v) is 6.37. The molecule has 0 fully saturated rings. The predicted molar refractivity (Wildman–Crippen MR) is 101 cm³/mol. The third-order valence-electron chi connectivity index (χ3n) is 3.99. The average Bonchev–Trinajstić information content (AvgIpc) is 3.22. The second-order valence-electron chi connectivity index (χ2n) is 5.93. The van der Waals surface area contributed by atoms with Gasteiger partial charge in [0, 0.05) is 11.2 Å². The monoisotopic (exact) mass is 398 g/mol. The number of amides is 2. The van der Waals surface area contributed by atoms with Gasteiger partial charge in [0.1, 0.15) is 6.61 Å². The van der Waals surface area contributed by atoms with Crippen LogP contribution in [0.4, 0.5) is 0 Å². The van der Waals surface area contributed by atoms with Gasteiger partial charge in [-0.3, -0.25) is 20.4 Å². The fraction of sp³-hybridized carbons (Fsp3) is 0.105. The highest BCUT2D eigenvalue weighted by molar-refractivity contribution is 6.30. The van der Waals surface area contributed by atoms with Crippen LogP contribution in [0.5, 0.6) is 11.5 Å². The molecular formula is C19H15ClN4O4. The van der Waals surface area contributed by atoms with Crippen molar-refractivity contribution in [2.45, 2.75) is 6.10 Å². The number of aromatic nitrogens is 2. The van der Waals surface area contributed by atoms with Crippen molar-refractivity contribution in [2.24, 2.45) is 0 Å². The zero-order valence-electron chi connectivity index (χ0n) is 14.5. The van der Waals surface area contributed by atoms with Crippen molar-refractivity contribution >= 4 is 23.4 Å². The molecule has 0 unspecified atom stereocenters. The molecule has 8 nitrogen and oxygen atoms in total.